The number of nitrogens with one attached hydrogen (secondary N) is 1. The van der Waals surface area contributed by atoms with Gasteiger partial charge in [0.05, 0.1) is 18.6 Å². The van der Waals surface area contributed by atoms with Crippen molar-refractivity contribution in [1.82, 2.24) is 5.32 Å². The molecule has 0 saturated heterocycles. The molecule has 0 aromatic rings. The lowest BCUT2D eigenvalue weighted by atomic mass is 9.88. The van der Waals surface area contributed by atoms with Crippen LogP contribution in [0.2, 0.25) is 0 Å². The number of ether oxygens (including phenoxy) is 1. The summed E-state index contributed by atoms with van der Waals surface area (Å²) in [6.45, 7) is 3.75. The zero-order chi connectivity index (χ0) is 11.0. The van der Waals surface area contributed by atoms with E-state index in [9.17, 15) is 4.79 Å². The van der Waals surface area contributed by atoms with Gasteiger partial charge in [0, 0.05) is 6.54 Å². The molecule has 0 aliphatic heterocycles. The van der Waals surface area contributed by atoms with Crippen molar-refractivity contribution in [2.75, 3.05) is 26.4 Å². The average Bonchev–Trinajstić information content (AvgIpc) is 2.21. The van der Waals surface area contributed by atoms with Gasteiger partial charge in [-0.05, 0) is 13.3 Å². The van der Waals surface area contributed by atoms with Crippen LogP contribution in [0.5, 0.6) is 0 Å². The Labute approximate surface area is 84.1 Å². The summed E-state index contributed by atoms with van der Waals surface area (Å²) in [6, 6.07) is 0. The van der Waals surface area contributed by atoms with Gasteiger partial charge in [-0.1, -0.05) is 6.92 Å². The van der Waals surface area contributed by atoms with Gasteiger partial charge in [0.1, 0.15) is 6.61 Å². The third-order valence-corrected chi connectivity index (χ3v) is 2.25. The Kier molecular flexibility index (Phi) is 6.23. The van der Waals surface area contributed by atoms with Gasteiger partial charge in [0.15, 0.2) is 0 Å². The number of hydrogen-bond donors (Lipinski definition) is 3. The predicted molar refractivity (Wildman–Crippen MR) is 51.9 cm³/mol. The topological polar surface area (TPSA) is 78.8 Å². The molecule has 0 bridgehead atoms. The van der Waals surface area contributed by atoms with Crippen LogP contribution in [0.15, 0.2) is 0 Å². The first-order chi connectivity index (χ1) is 6.64. The average molecular weight is 205 g/mol. The van der Waals surface area contributed by atoms with Crippen molar-refractivity contribution in [3.05, 3.63) is 0 Å². The Morgan fingerprint density at radius 1 is 1.36 bits per heavy atom. The van der Waals surface area contributed by atoms with Gasteiger partial charge in [-0.15, -0.1) is 0 Å². The number of aliphatic hydroxyl groups excluding tert-OH is 2. The van der Waals surface area contributed by atoms with Crippen LogP contribution in [0.1, 0.15) is 20.3 Å². The highest BCUT2D eigenvalue weighted by atomic mass is 16.5. The van der Waals surface area contributed by atoms with E-state index in [0.717, 1.165) is 0 Å². The van der Waals surface area contributed by atoms with E-state index in [0.29, 0.717) is 13.0 Å². The quantitative estimate of drug-likeness (QED) is 0.575. The number of carbonyl (C=O) groups excluding carboxylic acids is 1. The molecule has 0 aliphatic rings. The van der Waals surface area contributed by atoms with Crippen LogP contribution < -0.4 is 5.32 Å². The van der Waals surface area contributed by atoms with Crippen molar-refractivity contribution in [2.45, 2.75) is 20.3 Å². The SMILES string of the molecule is CCNC(=O)OCC(CC)(CO)CO. The minimum atomic E-state index is -0.717. The normalized spacial score (nSPS) is 11.1. The summed E-state index contributed by atoms with van der Waals surface area (Å²) in [5, 5.41) is 20.6. The molecule has 0 unspecified atom stereocenters. The highest BCUT2D eigenvalue weighted by Crippen LogP contribution is 2.20. The largest absolute Gasteiger partial charge is 0.449 e. The standard InChI is InChI=1S/C9H19NO4/c1-3-9(5-11,6-12)7-14-8(13)10-4-2/h11-12H,3-7H2,1-2H3,(H,10,13). The van der Waals surface area contributed by atoms with E-state index >= 15 is 0 Å². The molecule has 5 heteroatoms. The fourth-order valence-electron chi connectivity index (χ4n) is 0.881. The number of alkyl carbamates (subject to hydrolysis) is 1. The molecule has 0 atom stereocenters. The minimum Gasteiger partial charge on any atom is -0.449 e. The fourth-order valence-corrected chi connectivity index (χ4v) is 0.881. The van der Waals surface area contributed by atoms with Gasteiger partial charge in [-0.3, -0.25) is 0 Å². The molecular weight excluding hydrogens is 186 g/mol. The van der Waals surface area contributed by atoms with Gasteiger partial charge >= 0.3 is 6.09 Å². The summed E-state index contributed by atoms with van der Waals surface area (Å²) in [7, 11) is 0. The van der Waals surface area contributed by atoms with E-state index in [1.807, 2.05) is 6.92 Å². The number of hydrogen-bond acceptors (Lipinski definition) is 4. The monoisotopic (exact) mass is 205 g/mol. The van der Waals surface area contributed by atoms with Crippen molar-refractivity contribution < 1.29 is 19.7 Å². The molecule has 14 heavy (non-hydrogen) atoms. The molecule has 0 aliphatic carbocycles. The van der Waals surface area contributed by atoms with E-state index in [1.54, 1.807) is 6.92 Å². The maximum atomic E-state index is 10.9. The van der Waals surface area contributed by atoms with Crippen LogP contribution in [-0.2, 0) is 4.74 Å². The van der Waals surface area contributed by atoms with Crippen molar-refractivity contribution in [1.29, 1.82) is 0 Å². The zero-order valence-electron chi connectivity index (χ0n) is 8.75. The molecule has 0 spiro atoms. The smallest absolute Gasteiger partial charge is 0.407 e. The van der Waals surface area contributed by atoms with Crippen LogP contribution in [0, 0.1) is 5.41 Å². The molecule has 5 nitrogen and oxygen atoms in total. The van der Waals surface area contributed by atoms with Gasteiger partial charge in [-0.2, -0.15) is 0 Å². The Bertz CT molecular complexity index is 160. The van der Waals surface area contributed by atoms with E-state index in [4.69, 9.17) is 14.9 Å². The summed E-state index contributed by atoms with van der Waals surface area (Å²) in [6.07, 6.45) is 0.0339. The molecule has 0 heterocycles. The number of amides is 1. The molecule has 1 amide bonds. The molecule has 0 aromatic carbocycles. The van der Waals surface area contributed by atoms with Crippen LogP contribution in [0.4, 0.5) is 4.79 Å². The molecule has 0 fully saturated rings. The Morgan fingerprint density at radius 2 is 1.93 bits per heavy atom. The van der Waals surface area contributed by atoms with Gasteiger partial charge in [0.25, 0.3) is 0 Å². The van der Waals surface area contributed by atoms with E-state index in [2.05, 4.69) is 5.32 Å². The first kappa shape index (κ1) is 13.2. The third kappa shape index (κ3) is 3.93. The summed E-state index contributed by atoms with van der Waals surface area (Å²) < 4.78 is 4.85. The summed E-state index contributed by atoms with van der Waals surface area (Å²) in [4.78, 5) is 10.9. The van der Waals surface area contributed by atoms with Crippen molar-refractivity contribution >= 4 is 6.09 Å². The zero-order valence-corrected chi connectivity index (χ0v) is 8.75. The second-order valence-corrected chi connectivity index (χ2v) is 3.28. The van der Waals surface area contributed by atoms with Gasteiger partial charge < -0.3 is 20.3 Å². The van der Waals surface area contributed by atoms with E-state index in [1.165, 1.54) is 0 Å². The second kappa shape index (κ2) is 6.62. The fraction of sp³-hybridized carbons (Fsp3) is 0.889. The first-order valence-electron chi connectivity index (χ1n) is 4.76. The Morgan fingerprint density at radius 3 is 2.29 bits per heavy atom. The maximum Gasteiger partial charge on any atom is 0.407 e. The molecule has 0 radical (unpaired) electrons. The maximum absolute atomic E-state index is 10.9. The van der Waals surface area contributed by atoms with Crippen molar-refractivity contribution in [3.63, 3.8) is 0 Å². The lowest BCUT2D eigenvalue weighted by Crippen LogP contribution is -2.37. The molecule has 3 N–H and O–H groups in total. The van der Waals surface area contributed by atoms with Gasteiger partial charge in [-0.25, -0.2) is 4.79 Å². The highest BCUT2D eigenvalue weighted by molar-refractivity contribution is 5.66. The first-order valence-corrected chi connectivity index (χ1v) is 4.76. The van der Waals surface area contributed by atoms with E-state index < -0.39 is 11.5 Å². The number of aliphatic hydroxyl groups is 2. The van der Waals surface area contributed by atoms with E-state index in [-0.39, 0.29) is 19.8 Å². The highest BCUT2D eigenvalue weighted by Gasteiger charge is 2.28. The Balaban J connectivity index is 3.99. The summed E-state index contributed by atoms with van der Waals surface area (Å²) >= 11 is 0. The van der Waals surface area contributed by atoms with Crippen LogP contribution in [-0.4, -0.2) is 42.7 Å². The predicted octanol–water partition coefficient (Wildman–Crippen LogP) is 0.114. The summed E-state index contributed by atoms with van der Waals surface area (Å²) in [5.41, 5.74) is -0.717. The molecule has 0 aromatic heterocycles. The van der Waals surface area contributed by atoms with Crippen molar-refractivity contribution in [3.8, 4) is 0 Å². The van der Waals surface area contributed by atoms with Crippen LogP contribution in [0.25, 0.3) is 0 Å². The lowest BCUT2D eigenvalue weighted by molar-refractivity contribution is -0.00504. The number of rotatable bonds is 6. The summed E-state index contributed by atoms with van der Waals surface area (Å²) in [5.74, 6) is 0. The van der Waals surface area contributed by atoms with Crippen molar-refractivity contribution in [2.24, 2.45) is 5.41 Å². The Hall–Kier alpha value is -0.810. The molecule has 0 saturated carbocycles. The van der Waals surface area contributed by atoms with Crippen LogP contribution in [0.3, 0.4) is 0 Å². The molecular formula is C9H19NO4. The minimum absolute atomic E-state index is 0.0301. The van der Waals surface area contributed by atoms with Crippen LogP contribution >= 0.6 is 0 Å². The third-order valence-electron chi connectivity index (χ3n) is 2.25. The van der Waals surface area contributed by atoms with Gasteiger partial charge in [0.2, 0.25) is 0 Å². The molecule has 84 valence electrons. The number of carbonyl (C=O) groups is 1. The second-order valence-electron chi connectivity index (χ2n) is 3.28. The molecule has 0 rings (SSSR count). The lowest BCUT2D eigenvalue weighted by Gasteiger charge is -2.27.